The van der Waals surface area contributed by atoms with Crippen molar-refractivity contribution in [3.05, 3.63) is 40.6 Å². The van der Waals surface area contributed by atoms with Crippen molar-refractivity contribution in [2.75, 3.05) is 18.4 Å². The monoisotopic (exact) mass is 476 g/mol. The Labute approximate surface area is 196 Å². The summed E-state index contributed by atoms with van der Waals surface area (Å²) in [4.78, 5) is 28.1. The molecule has 182 valence electrons. The number of nitrogens with zero attached hydrogens (tertiary/aromatic N) is 3. The quantitative estimate of drug-likeness (QED) is 0.212. The van der Waals surface area contributed by atoms with E-state index >= 15 is 0 Å². The molecule has 0 fully saturated rings. The standard InChI is InChI=1S/C23H36N4O5Si/c1-22(2,3)31-21(28)26(32-33(7,8)23(4,5)6)15-11-14-24-20-17-12-9-10-13-18(17)25-16-19(20)27(29)30/h9-10,12-13,16H,11,14-15H2,1-8H3,(H,24,25). The topological polar surface area (TPSA) is 107 Å². The van der Waals surface area contributed by atoms with E-state index in [9.17, 15) is 14.9 Å². The maximum Gasteiger partial charge on any atom is 0.433 e. The first kappa shape index (κ1) is 26.5. The highest BCUT2D eigenvalue weighted by Gasteiger charge is 2.41. The molecule has 0 spiro atoms. The predicted molar refractivity (Wildman–Crippen MR) is 133 cm³/mol. The summed E-state index contributed by atoms with van der Waals surface area (Å²) in [6, 6.07) is 7.25. The molecule has 2 rings (SSSR count). The molecule has 2 aromatic rings. The number of aromatic nitrogens is 1. The lowest BCUT2D eigenvalue weighted by Crippen LogP contribution is -2.50. The number of anilines is 1. The van der Waals surface area contributed by atoms with Gasteiger partial charge < -0.3 is 14.6 Å². The first-order valence-electron chi connectivity index (χ1n) is 11.1. The second kappa shape index (κ2) is 10.0. The fourth-order valence-corrected chi connectivity index (χ4v) is 3.78. The van der Waals surface area contributed by atoms with Crippen molar-refractivity contribution in [1.29, 1.82) is 0 Å². The number of pyridine rings is 1. The Morgan fingerprint density at radius 2 is 1.82 bits per heavy atom. The minimum atomic E-state index is -2.28. The highest BCUT2D eigenvalue weighted by atomic mass is 28.4. The maximum absolute atomic E-state index is 12.8. The smallest absolute Gasteiger partial charge is 0.433 e. The van der Waals surface area contributed by atoms with E-state index in [1.807, 2.05) is 39.0 Å². The third-order valence-electron chi connectivity index (χ3n) is 5.53. The number of nitro groups is 1. The molecule has 0 aliphatic rings. The van der Waals surface area contributed by atoms with Gasteiger partial charge in [0.15, 0.2) is 0 Å². The van der Waals surface area contributed by atoms with Crippen LogP contribution in [0, 0.1) is 10.1 Å². The Morgan fingerprint density at radius 1 is 1.18 bits per heavy atom. The van der Waals surface area contributed by atoms with Gasteiger partial charge >= 0.3 is 11.8 Å². The molecule has 1 aromatic heterocycles. The van der Waals surface area contributed by atoms with Crippen molar-refractivity contribution >= 4 is 36.7 Å². The van der Waals surface area contributed by atoms with Crippen LogP contribution in [-0.2, 0) is 9.26 Å². The van der Waals surface area contributed by atoms with Crippen LogP contribution >= 0.6 is 0 Å². The molecule has 0 aliphatic carbocycles. The second-order valence-electron chi connectivity index (χ2n) is 10.5. The number of nitrogens with one attached hydrogen (secondary N) is 1. The van der Waals surface area contributed by atoms with Crippen LogP contribution in [0.1, 0.15) is 48.0 Å². The zero-order valence-electron chi connectivity index (χ0n) is 20.9. The molecule has 33 heavy (non-hydrogen) atoms. The van der Waals surface area contributed by atoms with E-state index < -0.39 is 24.9 Å². The average Bonchev–Trinajstić information content (AvgIpc) is 2.67. The Hall–Kier alpha value is -2.72. The highest BCUT2D eigenvalue weighted by Crippen LogP contribution is 2.37. The summed E-state index contributed by atoms with van der Waals surface area (Å²) in [5.74, 6) is 0. The van der Waals surface area contributed by atoms with Crippen LogP contribution in [0.15, 0.2) is 30.5 Å². The van der Waals surface area contributed by atoms with Crippen LogP contribution in [0.3, 0.4) is 0 Å². The lowest BCUT2D eigenvalue weighted by Gasteiger charge is -2.39. The van der Waals surface area contributed by atoms with Gasteiger partial charge in [0, 0.05) is 11.9 Å². The minimum absolute atomic E-state index is 0.0878. The van der Waals surface area contributed by atoms with Gasteiger partial charge in [-0.2, -0.15) is 5.06 Å². The Kier molecular flexibility index (Phi) is 8.07. The molecule has 10 heteroatoms. The normalized spacial score (nSPS) is 12.5. The number of hydrogen-bond donors (Lipinski definition) is 1. The van der Waals surface area contributed by atoms with Crippen molar-refractivity contribution in [2.24, 2.45) is 0 Å². The molecule has 9 nitrogen and oxygen atoms in total. The van der Waals surface area contributed by atoms with Crippen molar-refractivity contribution in [3.8, 4) is 0 Å². The zero-order valence-corrected chi connectivity index (χ0v) is 21.9. The third kappa shape index (κ3) is 7.13. The molecule has 0 radical (unpaired) electrons. The van der Waals surface area contributed by atoms with Crippen molar-refractivity contribution in [2.45, 2.75) is 71.7 Å². The van der Waals surface area contributed by atoms with Crippen LogP contribution < -0.4 is 5.32 Å². The highest BCUT2D eigenvalue weighted by molar-refractivity contribution is 6.74. The molecule has 0 saturated carbocycles. The molecule has 0 saturated heterocycles. The van der Waals surface area contributed by atoms with Gasteiger partial charge in [-0.25, -0.2) is 9.78 Å². The van der Waals surface area contributed by atoms with Crippen LogP contribution in [0.5, 0.6) is 0 Å². The van der Waals surface area contributed by atoms with E-state index in [0.29, 0.717) is 29.6 Å². The Morgan fingerprint density at radius 3 is 2.39 bits per heavy atom. The number of para-hydroxylation sites is 1. The first-order valence-corrected chi connectivity index (χ1v) is 14.0. The van der Waals surface area contributed by atoms with Gasteiger partial charge in [-0.05, 0) is 51.4 Å². The Bertz CT molecular complexity index is 998. The lowest BCUT2D eigenvalue weighted by atomic mass is 10.1. The van der Waals surface area contributed by atoms with Crippen molar-refractivity contribution in [3.63, 3.8) is 0 Å². The molecule has 1 aromatic carbocycles. The van der Waals surface area contributed by atoms with Crippen LogP contribution in [0.4, 0.5) is 16.2 Å². The number of carbonyl (C=O) groups is 1. The molecule has 1 N–H and O–H groups in total. The van der Waals surface area contributed by atoms with Gasteiger partial charge in [0.25, 0.3) is 0 Å². The van der Waals surface area contributed by atoms with E-state index in [2.05, 4.69) is 44.2 Å². The van der Waals surface area contributed by atoms with Gasteiger partial charge in [0.05, 0.1) is 17.0 Å². The zero-order chi connectivity index (χ0) is 25.0. The molecule has 0 aliphatic heterocycles. The summed E-state index contributed by atoms with van der Waals surface area (Å²) >= 11 is 0. The number of fused-ring (bicyclic) bond motifs is 1. The summed E-state index contributed by atoms with van der Waals surface area (Å²) < 4.78 is 11.8. The summed E-state index contributed by atoms with van der Waals surface area (Å²) in [5, 5.41) is 16.6. The number of ether oxygens (including phenoxy) is 1. The fourth-order valence-electron chi connectivity index (χ4n) is 2.79. The van der Waals surface area contributed by atoms with Crippen LogP contribution in [0.25, 0.3) is 10.9 Å². The van der Waals surface area contributed by atoms with Crippen molar-refractivity contribution in [1.82, 2.24) is 10.0 Å². The van der Waals surface area contributed by atoms with E-state index in [0.717, 1.165) is 0 Å². The van der Waals surface area contributed by atoms with Gasteiger partial charge in [0.1, 0.15) is 17.5 Å². The first-order chi connectivity index (χ1) is 15.1. The van der Waals surface area contributed by atoms with E-state index in [-0.39, 0.29) is 17.3 Å². The van der Waals surface area contributed by atoms with Gasteiger partial charge in [-0.1, -0.05) is 39.0 Å². The third-order valence-corrected chi connectivity index (χ3v) is 9.82. The molecular weight excluding hydrogens is 440 g/mol. The largest absolute Gasteiger partial charge is 0.442 e. The molecule has 1 amide bonds. The van der Waals surface area contributed by atoms with E-state index in [4.69, 9.17) is 9.26 Å². The van der Waals surface area contributed by atoms with Gasteiger partial charge in [-0.15, -0.1) is 0 Å². The maximum atomic E-state index is 12.8. The lowest BCUT2D eigenvalue weighted by molar-refractivity contribution is -0.384. The minimum Gasteiger partial charge on any atom is -0.442 e. The fraction of sp³-hybridized carbons (Fsp3) is 0.565. The number of amides is 1. The van der Waals surface area contributed by atoms with Crippen molar-refractivity contribution < 1.29 is 19.0 Å². The number of hydrogen-bond acceptors (Lipinski definition) is 7. The van der Waals surface area contributed by atoms with Crippen LogP contribution in [-0.4, -0.2) is 48.1 Å². The molecular formula is C23H36N4O5Si. The number of rotatable bonds is 8. The van der Waals surface area contributed by atoms with Crippen LogP contribution in [0.2, 0.25) is 18.1 Å². The molecule has 0 bridgehead atoms. The van der Waals surface area contributed by atoms with Gasteiger partial charge in [0.2, 0.25) is 8.32 Å². The molecule has 0 unspecified atom stereocenters. The molecule has 0 atom stereocenters. The summed E-state index contributed by atoms with van der Waals surface area (Å²) in [7, 11) is -2.28. The van der Waals surface area contributed by atoms with E-state index in [1.54, 1.807) is 6.07 Å². The molecule has 1 heterocycles. The average molecular weight is 477 g/mol. The summed E-state index contributed by atoms with van der Waals surface area (Å²) in [6.45, 7) is 16.5. The number of benzene rings is 1. The summed E-state index contributed by atoms with van der Waals surface area (Å²) in [5.41, 5.74) is 0.346. The Balaban J connectivity index is 2.16. The SMILES string of the molecule is CC(C)(C)OC(=O)N(CCCNc1c([N+](=O)[O-])cnc2ccccc12)O[Si](C)(C)C(C)(C)C. The number of hydroxylamine groups is 2. The number of carbonyl (C=O) groups excluding carboxylic acids is 1. The predicted octanol–water partition coefficient (Wildman–Crippen LogP) is 6.12. The summed E-state index contributed by atoms with van der Waals surface area (Å²) in [6.07, 6.45) is 1.23. The van der Waals surface area contributed by atoms with Gasteiger partial charge in [-0.3, -0.25) is 10.1 Å². The second-order valence-corrected chi connectivity index (χ2v) is 15.2. The van der Waals surface area contributed by atoms with E-state index in [1.165, 1.54) is 11.3 Å².